The molecule has 0 bridgehead atoms. The van der Waals surface area contributed by atoms with Gasteiger partial charge in [0.1, 0.15) is 11.5 Å². The maximum Gasteiger partial charge on any atom is 0.274 e. The molecule has 4 rings (SSSR count). The molecular weight excluding hydrogens is 466 g/mol. The number of nitrogens with zero attached hydrogens (tertiary/aromatic N) is 1. The lowest BCUT2D eigenvalue weighted by atomic mass is 9.87. The fourth-order valence-electron chi connectivity index (χ4n) is 4.05. The average molecular weight is 500 g/mol. The van der Waals surface area contributed by atoms with Crippen LogP contribution in [0.25, 0.3) is 22.8 Å². The Hall–Kier alpha value is -4.26. The van der Waals surface area contributed by atoms with Gasteiger partial charge in [-0.15, -0.1) is 0 Å². The van der Waals surface area contributed by atoms with Gasteiger partial charge in [-0.2, -0.15) is 0 Å². The molecule has 7 nitrogen and oxygen atoms in total. The van der Waals surface area contributed by atoms with Gasteiger partial charge in [0, 0.05) is 23.9 Å². The first-order chi connectivity index (χ1) is 17.7. The number of nitrogens with one attached hydrogen (secondary N) is 2. The van der Waals surface area contributed by atoms with Gasteiger partial charge in [0.25, 0.3) is 5.91 Å². The highest BCUT2D eigenvalue weighted by Crippen LogP contribution is 2.33. The van der Waals surface area contributed by atoms with Crippen LogP contribution < -0.4 is 20.1 Å². The molecular formula is C30H33N3O4. The number of amides is 1. The number of aromatic nitrogens is 1. The van der Waals surface area contributed by atoms with Crippen molar-refractivity contribution in [1.82, 2.24) is 10.3 Å². The number of methoxy groups -OCH3 is 2. The van der Waals surface area contributed by atoms with E-state index in [0.717, 1.165) is 22.4 Å². The third-order valence-electron chi connectivity index (χ3n) is 6.23. The van der Waals surface area contributed by atoms with Crippen LogP contribution in [0, 0.1) is 0 Å². The van der Waals surface area contributed by atoms with Crippen LogP contribution >= 0.6 is 0 Å². The van der Waals surface area contributed by atoms with Crippen molar-refractivity contribution in [3.8, 4) is 34.3 Å². The van der Waals surface area contributed by atoms with Crippen molar-refractivity contribution in [1.29, 1.82) is 0 Å². The van der Waals surface area contributed by atoms with Crippen LogP contribution in [0.2, 0.25) is 0 Å². The number of rotatable bonds is 8. The predicted octanol–water partition coefficient (Wildman–Crippen LogP) is 6.30. The van der Waals surface area contributed by atoms with Gasteiger partial charge in [0.05, 0.1) is 26.3 Å². The van der Waals surface area contributed by atoms with Crippen molar-refractivity contribution >= 4 is 11.6 Å². The second-order valence-corrected chi connectivity index (χ2v) is 9.68. The van der Waals surface area contributed by atoms with Gasteiger partial charge >= 0.3 is 0 Å². The summed E-state index contributed by atoms with van der Waals surface area (Å²) in [5.74, 6) is 1.68. The van der Waals surface area contributed by atoms with Crippen LogP contribution in [0.3, 0.4) is 0 Å². The predicted molar refractivity (Wildman–Crippen MR) is 146 cm³/mol. The van der Waals surface area contributed by atoms with Crippen LogP contribution in [-0.2, 0) is 12.0 Å². The van der Waals surface area contributed by atoms with E-state index in [2.05, 4.69) is 48.5 Å². The Balaban J connectivity index is 1.70. The Morgan fingerprint density at radius 1 is 0.892 bits per heavy atom. The highest BCUT2D eigenvalue weighted by Gasteiger charge is 2.24. The third-order valence-corrected chi connectivity index (χ3v) is 6.23. The molecule has 0 unspecified atom stereocenters. The molecule has 7 heteroatoms. The SMILES string of the molecule is CNc1ccc(-c2oc(-c3ccc(C(C)(C)C)cc3)nc2C(=O)NCc2c(OC)cccc2OC)cc1. The van der Waals surface area contributed by atoms with Crippen molar-refractivity contribution in [3.63, 3.8) is 0 Å². The molecule has 0 aliphatic heterocycles. The minimum atomic E-state index is -0.359. The summed E-state index contributed by atoms with van der Waals surface area (Å²) in [6, 6.07) is 21.2. The number of carbonyl (C=O) groups is 1. The van der Waals surface area contributed by atoms with E-state index in [-0.39, 0.29) is 23.6 Å². The molecule has 1 amide bonds. The van der Waals surface area contributed by atoms with E-state index in [1.54, 1.807) is 14.2 Å². The van der Waals surface area contributed by atoms with Crippen LogP contribution in [0.5, 0.6) is 11.5 Å². The van der Waals surface area contributed by atoms with E-state index in [1.807, 2.05) is 61.6 Å². The maximum atomic E-state index is 13.4. The molecule has 0 saturated heterocycles. The average Bonchev–Trinajstić information content (AvgIpc) is 3.36. The normalized spacial score (nSPS) is 11.2. The zero-order valence-corrected chi connectivity index (χ0v) is 22.1. The van der Waals surface area contributed by atoms with Crippen LogP contribution in [0.15, 0.2) is 71.1 Å². The summed E-state index contributed by atoms with van der Waals surface area (Å²) < 4.78 is 17.1. The first kappa shape index (κ1) is 25.8. The van der Waals surface area contributed by atoms with Gasteiger partial charge in [0.15, 0.2) is 11.5 Å². The summed E-state index contributed by atoms with van der Waals surface area (Å²) in [5.41, 5.74) is 4.68. The van der Waals surface area contributed by atoms with Crippen molar-refractivity contribution < 1.29 is 18.7 Å². The number of hydrogen-bond donors (Lipinski definition) is 2. The lowest BCUT2D eigenvalue weighted by Crippen LogP contribution is -2.24. The molecule has 0 saturated carbocycles. The highest BCUT2D eigenvalue weighted by molar-refractivity contribution is 5.98. The van der Waals surface area contributed by atoms with Crippen molar-refractivity contribution in [2.75, 3.05) is 26.6 Å². The standard InChI is InChI=1S/C30H33N3O4/c1-30(2,3)21-14-10-20(11-15-21)29-33-26(27(37-29)19-12-16-22(31-4)17-13-19)28(34)32-18-23-24(35-5)8-7-9-25(23)36-6/h7-17,31H,18H2,1-6H3,(H,32,34). The number of benzene rings is 3. The van der Waals surface area contributed by atoms with Gasteiger partial charge < -0.3 is 24.5 Å². The Morgan fingerprint density at radius 2 is 1.49 bits per heavy atom. The maximum absolute atomic E-state index is 13.4. The lowest BCUT2D eigenvalue weighted by molar-refractivity contribution is 0.0946. The molecule has 0 atom stereocenters. The molecule has 3 aromatic carbocycles. The zero-order chi connectivity index (χ0) is 26.6. The van der Waals surface area contributed by atoms with E-state index in [4.69, 9.17) is 13.9 Å². The molecule has 0 aliphatic rings. The van der Waals surface area contributed by atoms with Crippen LogP contribution in [0.4, 0.5) is 5.69 Å². The topological polar surface area (TPSA) is 85.6 Å². The second kappa shape index (κ2) is 10.8. The number of oxazole rings is 1. The zero-order valence-electron chi connectivity index (χ0n) is 22.1. The Bertz CT molecular complexity index is 1350. The number of hydrogen-bond acceptors (Lipinski definition) is 6. The number of ether oxygens (including phenoxy) is 2. The number of anilines is 1. The van der Waals surface area contributed by atoms with E-state index in [1.165, 1.54) is 5.56 Å². The highest BCUT2D eigenvalue weighted by atomic mass is 16.5. The molecule has 0 spiro atoms. The monoisotopic (exact) mass is 499 g/mol. The molecule has 37 heavy (non-hydrogen) atoms. The summed E-state index contributed by atoms with van der Waals surface area (Å²) in [7, 11) is 5.03. The van der Waals surface area contributed by atoms with Crippen molar-refractivity contribution in [2.24, 2.45) is 0 Å². The summed E-state index contributed by atoms with van der Waals surface area (Å²) >= 11 is 0. The Kier molecular flexibility index (Phi) is 7.53. The molecule has 192 valence electrons. The molecule has 1 heterocycles. The minimum absolute atomic E-state index is 0.0277. The molecule has 0 radical (unpaired) electrons. The summed E-state index contributed by atoms with van der Waals surface area (Å²) in [6.45, 7) is 6.70. The molecule has 2 N–H and O–H groups in total. The summed E-state index contributed by atoms with van der Waals surface area (Å²) in [4.78, 5) is 18.1. The van der Waals surface area contributed by atoms with Crippen LogP contribution in [-0.4, -0.2) is 32.2 Å². The quantitative estimate of drug-likeness (QED) is 0.296. The van der Waals surface area contributed by atoms with E-state index >= 15 is 0 Å². The molecule has 1 aromatic heterocycles. The van der Waals surface area contributed by atoms with Gasteiger partial charge in [-0.3, -0.25) is 4.79 Å². The van der Waals surface area contributed by atoms with Crippen LogP contribution in [0.1, 0.15) is 42.4 Å². The fourth-order valence-corrected chi connectivity index (χ4v) is 4.05. The van der Waals surface area contributed by atoms with Crippen molar-refractivity contribution in [3.05, 3.63) is 83.6 Å². The lowest BCUT2D eigenvalue weighted by Gasteiger charge is -2.18. The van der Waals surface area contributed by atoms with E-state index < -0.39 is 0 Å². The van der Waals surface area contributed by atoms with Gasteiger partial charge in [0.2, 0.25) is 5.89 Å². The first-order valence-corrected chi connectivity index (χ1v) is 12.1. The summed E-state index contributed by atoms with van der Waals surface area (Å²) in [6.07, 6.45) is 0. The third kappa shape index (κ3) is 5.61. The van der Waals surface area contributed by atoms with Crippen molar-refractivity contribution in [2.45, 2.75) is 32.7 Å². The van der Waals surface area contributed by atoms with Gasteiger partial charge in [-0.1, -0.05) is 39.0 Å². The second-order valence-electron chi connectivity index (χ2n) is 9.68. The van der Waals surface area contributed by atoms with E-state index in [9.17, 15) is 4.79 Å². The molecule has 4 aromatic rings. The number of carbonyl (C=O) groups excluding carboxylic acids is 1. The van der Waals surface area contributed by atoms with Gasteiger partial charge in [-0.05, 0) is 59.5 Å². The first-order valence-electron chi connectivity index (χ1n) is 12.1. The largest absolute Gasteiger partial charge is 0.496 e. The molecule has 0 aliphatic carbocycles. The minimum Gasteiger partial charge on any atom is -0.496 e. The van der Waals surface area contributed by atoms with E-state index in [0.29, 0.717) is 23.1 Å². The van der Waals surface area contributed by atoms with Gasteiger partial charge in [-0.25, -0.2) is 4.98 Å². The molecule has 0 fully saturated rings. The fraction of sp³-hybridized carbons (Fsp3) is 0.267. The summed E-state index contributed by atoms with van der Waals surface area (Å²) in [5, 5.41) is 6.06. The Labute approximate surface area is 217 Å². The smallest absolute Gasteiger partial charge is 0.274 e. The Morgan fingerprint density at radius 3 is 2.03 bits per heavy atom.